The maximum absolute atomic E-state index is 15.4. The van der Waals surface area contributed by atoms with Crippen LogP contribution in [-0.4, -0.2) is 28.7 Å². The number of hydrogen-bond acceptors (Lipinski definition) is 4. The zero-order valence-electron chi connectivity index (χ0n) is 19.0. The van der Waals surface area contributed by atoms with E-state index in [1.54, 1.807) is 24.3 Å². The summed E-state index contributed by atoms with van der Waals surface area (Å²) in [7, 11) is 0. The van der Waals surface area contributed by atoms with E-state index in [2.05, 4.69) is 20.8 Å². The minimum atomic E-state index is -1.34. The minimum Gasteiger partial charge on any atom is -0.443 e. The molecule has 172 valence electrons. The highest BCUT2D eigenvalue weighted by molar-refractivity contribution is 6.30. The van der Waals surface area contributed by atoms with Crippen LogP contribution in [0.3, 0.4) is 0 Å². The lowest BCUT2D eigenvalue weighted by Crippen LogP contribution is -2.56. The SMILES string of the molecule is CC(C)(C)C[C@@H]1N2[C@@H](C(=O)OC2(C)C)[C@H](c2cccc(F)c2)[C@@]1(N)c1ccc(Cl)cc1F. The Morgan fingerprint density at radius 2 is 1.84 bits per heavy atom. The summed E-state index contributed by atoms with van der Waals surface area (Å²) in [5.41, 5.74) is 5.53. The Kier molecular flexibility index (Phi) is 5.43. The fourth-order valence-corrected chi connectivity index (χ4v) is 5.72. The number of rotatable bonds is 3. The zero-order chi connectivity index (χ0) is 23.6. The third-order valence-electron chi connectivity index (χ3n) is 6.64. The van der Waals surface area contributed by atoms with E-state index in [0.717, 1.165) is 0 Å². The van der Waals surface area contributed by atoms with Crippen molar-refractivity contribution in [1.29, 1.82) is 0 Å². The van der Waals surface area contributed by atoms with E-state index in [-0.39, 0.29) is 16.0 Å². The van der Waals surface area contributed by atoms with Crippen LogP contribution >= 0.6 is 11.6 Å². The predicted octanol–water partition coefficient (Wildman–Crippen LogP) is 5.34. The Labute approximate surface area is 192 Å². The fourth-order valence-electron chi connectivity index (χ4n) is 5.57. The number of carbonyl (C=O) groups excluding carboxylic acids is 1. The molecule has 0 amide bonds. The molecule has 0 saturated carbocycles. The Balaban J connectivity index is 2.03. The molecule has 0 radical (unpaired) electrons. The molecule has 2 aliphatic heterocycles. The number of fused-ring (bicyclic) bond motifs is 1. The van der Waals surface area contributed by atoms with Gasteiger partial charge in [0.1, 0.15) is 17.7 Å². The molecule has 2 aromatic rings. The third-order valence-corrected chi connectivity index (χ3v) is 6.88. The van der Waals surface area contributed by atoms with Gasteiger partial charge in [0.25, 0.3) is 0 Å². The monoisotopic (exact) mass is 462 g/mol. The van der Waals surface area contributed by atoms with Crippen molar-refractivity contribution >= 4 is 17.6 Å². The number of nitrogens with zero attached hydrogens (tertiary/aromatic N) is 1. The molecule has 0 unspecified atom stereocenters. The van der Waals surface area contributed by atoms with E-state index in [1.807, 2.05) is 18.7 Å². The van der Waals surface area contributed by atoms with E-state index in [9.17, 15) is 9.18 Å². The fraction of sp³-hybridized carbons (Fsp3) is 0.480. The maximum atomic E-state index is 15.4. The van der Waals surface area contributed by atoms with Crippen LogP contribution in [0.15, 0.2) is 42.5 Å². The summed E-state index contributed by atoms with van der Waals surface area (Å²) >= 11 is 6.04. The van der Waals surface area contributed by atoms with Crippen molar-refractivity contribution in [2.75, 3.05) is 0 Å². The van der Waals surface area contributed by atoms with Gasteiger partial charge < -0.3 is 10.5 Å². The molecule has 2 heterocycles. The molecule has 2 N–H and O–H groups in total. The second kappa shape index (κ2) is 7.51. The average molecular weight is 463 g/mol. The van der Waals surface area contributed by atoms with Crippen LogP contribution in [0.25, 0.3) is 0 Å². The molecule has 2 aliphatic rings. The summed E-state index contributed by atoms with van der Waals surface area (Å²) in [5.74, 6) is -2.16. The molecule has 0 aliphatic carbocycles. The molecule has 0 spiro atoms. The average Bonchev–Trinajstić information content (AvgIpc) is 3.03. The quantitative estimate of drug-likeness (QED) is 0.626. The van der Waals surface area contributed by atoms with Gasteiger partial charge in [-0.1, -0.05) is 50.6 Å². The lowest BCUT2D eigenvalue weighted by molar-refractivity contribution is -0.152. The van der Waals surface area contributed by atoms with Crippen molar-refractivity contribution in [1.82, 2.24) is 4.90 Å². The molecule has 32 heavy (non-hydrogen) atoms. The minimum absolute atomic E-state index is 0.193. The number of ether oxygens (including phenoxy) is 1. The number of nitrogens with two attached hydrogens (primary N) is 1. The van der Waals surface area contributed by atoms with Crippen molar-refractivity contribution < 1.29 is 18.3 Å². The molecule has 4 atom stereocenters. The van der Waals surface area contributed by atoms with Crippen LogP contribution in [0.5, 0.6) is 0 Å². The number of benzene rings is 2. The van der Waals surface area contributed by atoms with E-state index < -0.39 is 46.9 Å². The standard InChI is InChI=1S/C25H29ClF2N2O2/c1-23(2,3)13-19-25(29,17-10-9-15(26)12-18(17)28)20(14-7-6-8-16(27)11-14)21-22(31)32-24(4,5)30(19)21/h6-12,19-21H,13,29H2,1-5H3/t19-,20-,21+,25+/m0/s1. The van der Waals surface area contributed by atoms with Crippen LogP contribution in [0.2, 0.25) is 5.02 Å². The second-order valence-corrected chi connectivity index (χ2v) is 11.0. The highest BCUT2D eigenvalue weighted by atomic mass is 35.5. The Morgan fingerprint density at radius 1 is 1.16 bits per heavy atom. The lowest BCUT2D eigenvalue weighted by Gasteiger charge is -2.44. The first kappa shape index (κ1) is 23.1. The summed E-state index contributed by atoms with van der Waals surface area (Å²) in [6.07, 6.45) is 0.563. The van der Waals surface area contributed by atoms with Gasteiger partial charge in [-0.25, -0.2) is 13.7 Å². The lowest BCUT2D eigenvalue weighted by atomic mass is 9.68. The van der Waals surface area contributed by atoms with Crippen LogP contribution in [0, 0.1) is 17.0 Å². The first-order valence-electron chi connectivity index (χ1n) is 10.8. The largest absolute Gasteiger partial charge is 0.443 e. The molecule has 2 fully saturated rings. The van der Waals surface area contributed by atoms with Crippen LogP contribution < -0.4 is 5.73 Å². The number of esters is 1. The molecule has 2 aromatic carbocycles. The molecule has 4 rings (SSSR count). The predicted molar refractivity (Wildman–Crippen MR) is 120 cm³/mol. The third kappa shape index (κ3) is 3.62. The van der Waals surface area contributed by atoms with Crippen molar-refractivity contribution in [3.8, 4) is 0 Å². The molecule has 7 heteroatoms. The van der Waals surface area contributed by atoms with Gasteiger partial charge in [-0.3, -0.25) is 4.79 Å². The number of cyclic esters (lactones) is 1. The maximum Gasteiger partial charge on any atom is 0.325 e. The highest BCUT2D eigenvalue weighted by Crippen LogP contribution is 2.57. The number of halogens is 3. The van der Waals surface area contributed by atoms with E-state index in [4.69, 9.17) is 22.1 Å². The van der Waals surface area contributed by atoms with Gasteiger partial charge in [-0.15, -0.1) is 0 Å². The second-order valence-electron chi connectivity index (χ2n) is 10.6. The summed E-state index contributed by atoms with van der Waals surface area (Å²) in [5, 5.41) is 0.253. The molecular weight excluding hydrogens is 434 g/mol. The molecule has 0 bridgehead atoms. The van der Waals surface area contributed by atoms with Gasteiger partial charge in [-0.2, -0.15) is 0 Å². The van der Waals surface area contributed by atoms with Crippen molar-refractivity contribution in [2.24, 2.45) is 11.1 Å². The summed E-state index contributed by atoms with van der Waals surface area (Å²) in [6.45, 7) is 9.84. The Bertz CT molecular complexity index is 1070. The van der Waals surface area contributed by atoms with Gasteiger partial charge in [0, 0.05) is 22.5 Å². The number of hydrogen-bond donors (Lipinski definition) is 1. The first-order valence-corrected chi connectivity index (χ1v) is 11.1. The molecule has 0 aromatic heterocycles. The van der Waals surface area contributed by atoms with E-state index >= 15 is 4.39 Å². The van der Waals surface area contributed by atoms with Gasteiger partial charge in [0.2, 0.25) is 0 Å². The summed E-state index contributed by atoms with van der Waals surface area (Å²) < 4.78 is 35.5. The normalized spacial score (nSPS) is 29.8. The van der Waals surface area contributed by atoms with Gasteiger partial charge >= 0.3 is 5.97 Å². The highest BCUT2D eigenvalue weighted by Gasteiger charge is 2.68. The molecule has 4 nitrogen and oxygen atoms in total. The van der Waals surface area contributed by atoms with Crippen molar-refractivity contribution in [3.63, 3.8) is 0 Å². The molecule has 2 saturated heterocycles. The summed E-state index contributed by atoms with van der Waals surface area (Å²) in [4.78, 5) is 15.1. The van der Waals surface area contributed by atoms with Crippen molar-refractivity contribution in [3.05, 3.63) is 70.2 Å². The summed E-state index contributed by atoms with van der Waals surface area (Å²) in [6, 6.07) is 9.19. The zero-order valence-corrected chi connectivity index (χ0v) is 19.7. The van der Waals surface area contributed by atoms with Gasteiger partial charge in [0.15, 0.2) is 5.72 Å². The van der Waals surface area contributed by atoms with Gasteiger partial charge in [-0.05, 0) is 55.5 Å². The Morgan fingerprint density at radius 3 is 2.44 bits per heavy atom. The molecular formula is C25H29ClF2N2O2. The Hall–Kier alpha value is -2.02. The first-order chi connectivity index (χ1) is 14.8. The van der Waals surface area contributed by atoms with Gasteiger partial charge in [0.05, 0.1) is 5.54 Å². The van der Waals surface area contributed by atoms with Crippen molar-refractivity contribution in [2.45, 2.75) is 70.3 Å². The topological polar surface area (TPSA) is 55.6 Å². The van der Waals surface area contributed by atoms with Crippen LogP contribution in [-0.2, 0) is 15.1 Å². The van der Waals surface area contributed by atoms with E-state index in [0.29, 0.717) is 12.0 Å². The van der Waals surface area contributed by atoms with E-state index in [1.165, 1.54) is 18.2 Å². The smallest absolute Gasteiger partial charge is 0.325 e. The van der Waals surface area contributed by atoms with Crippen LogP contribution in [0.1, 0.15) is 58.1 Å². The number of carbonyl (C=O) groups is 1. The van der Waals surface area contributed by atoms with Crippen LogP contribution in [0.4, 0.5) is 8.78 Å².